The molecule has 0 aliphatic heterocycles. The van der Waals surface area contributed by atoms with E-state index in [9.17, 15) is 15.2 Å². The lowest BCUT2D eigenvalue weighted by atomic mass is 9.83. The summed E-state index contributed by atoms with van der Waals surface area (Å²) in [4.78, 5) is 14.3. The van der Waals surface area contributed by atoms with Crippen LogP contribution < -0.4 is 5.32 Å². The monoisotopic (exact) mass is 295 g/mol. The molecule has 21 heavy (non-hydrogen) atoms. The summed E-state index contributed by atoms with van der Waals surface area (Å²) in [6.07, 6.45) is 6.55. The van der Waals surface area contributed by atoms with Crippen molar-refractivity contribution in [2.45, 2.75) is 70.4 Å². The molecule has 1 saturated carbocycles. The van der Waals surface area contributed by atoms with E-state index in [0.717, 1.165) is 44.9 Å². The Bertz CT molecular complexity index is 355. The number of nitrogens with zero attached hydrogens (tertiary/aromatic N) is 2. The van der Waals surface area contributed by atoms with Gasteiger partial charge >= 0.3 is 0 Å². The summed E-state index contributed by atoms with van der Waals surface area (Å²) in [5.74, 6) is -0.0983. The van der Waals surface area contributed by atoms with Gasteiger partial charge in [0, 0.05) is 12.6 Å². The molecule has 0 saturated heterocycles. The van der Waals surface area contributed by atoms with E-state index < -0.39 is 5.54 Å². The first kappa shape index (κ1) is 17.9. The molecule has 0 atom stereocenters. The second-order valence-electron chi connectivity index (χ2n) is 5.97. The van der Waals surface area contributed by atoms with Crippen molar-refractivity contribution in [3.05, 3.63) is 0 Å². The SMILES string of the molecule is CCC(CC)N(CCO)CC(=O)NC1(C#N)CCCCC1. The summed E-state index contributed by atoms with van der Waals surface area (Å²) in [7, 11) is 0. The van der Waals surface area contributed by atoms with Crippen LogP contribution in [0.2, 0.25) is 0 Å². The molecule has 1 amide bonds. The average Bonchev–Trinajstić information content (AvgIpc) is 2.49. The van der Waals surface area contributed by atoms with E-state index in [0.29, 0.717) is 12.6 Å². The Morgan fingerprint density at radius 1 is 1.33 bits per heavy atom. The van der Waals surface area contributed by atoms with E-state index in [4.69, 9.17) is 0 Å². The molecule has 1 aliphatic rings. The standard InChI is InChI=1S/C16H29N3O2/c1-3-14(4-2)19(10-11-20)12-15(21)18-16(13-17)8-6-5-7-9-16/h14,20H,3-12H2,1-2H3,(H,18,21). The van der Waals surface area contributed by atoms with E-state index in [-0.39, 0.29) is 19.1 Å². The molecule has 0 unspecified atom stereocenters. The molecule has 1 aliphatic carbocycles. The van der Waals surface area contributed by atoms with Gasteiger partial charge in [-0.15, -0.1) is 0 Å². The van der Waals surface area contributed by atoms with E-state index >= 15 is 0 Å². The van der Waals surface area contributed by atoms with Crippen LogP contribution in [-0.4, -0.2) is 47.2 Å². The highest BCUT2D eigenvalue weighted by atomic mass is 16.3. The van der Waals surface area contributed by atoms with Gasteiger partial charge in [-0.25, -0.2) is 0 Å². The number of aliphatic hydroxyl groups excluding tert-OH is 1. The molecule has 0 radical (unpaired) electrons. The quantitative estimate of drug-likeness (QED) is 0.716. The lowest BCUT2D eigenvalue weighted by Crippen LogP contribution is -2.53. The molecule has 1 fully saturated rings. The Balaban J connectivity index is 2.62. The van der Waals surface area contributed by atoms with Gasteiger partial charge in [0.15, 0.2) is 0 Å². The first-order valence-electron chi connectivity index (χ1n) is 8.18. The summed E-state index contributed by atoms with van der Waals surface area (Å²) in [5, 5.41) is 21.5. The molecule has 5 heteroatoms. The van der Waals surface area contributed by atoms with E-state index in [1.807, 2.05) is 4.90 Å². The second kappa shape index (κ2) is 9.01. The highest BCUT2D eigenvalue weighted by Crippen LogP contribution is 2.27. The fourth-order valence-corrected chi connectivity index (χ4v) is 3.24. The lowest BCUT2D eigenvalue weighted by molar-refractivity contribution is -0.124. The number of hydrogen-bond donors (Lipinski definition) is 2. The molecule has 120 valence electrons. The molecule has 0 aromatic heterocycles. The summed E-state index contributed by atoms with van der Waals surface area (Å²) in [6.45, 7) is 4.99. The molecule has 5 nitrogen and oxygen atoms in total. The van der Waals surface area contributed by atoms with Crippen molar-refractivity contribution in [2.75, 3.05) is 19.7 Å². The van der Waals surface area contributed by atoms with Gasteiger partial charge in [-0.05, 0) is 25.7 Å². The fraction of sp³-hybridized carbons (Fsp3) is 0.875. The summed E-state index contributed by atoms with van der Waals surface area (Å²) < 4.78 is 0. The molecule has 2 N–H and O–H groups in total. The molecule has 0 heterocycles. The third kappa shape index (κ3) is 5.29. The number of nitriles is 1. The number of amides is 1. The van der Waals surface area contributed by atoms with Crippen molar-refractivity contribution in [3.8, 4) is 6.07 Å². The Kier molecular flexibility index (Phi) is 7.69. The molecule has 1 rings (SSSR count). The third-order valence-corrected chi connectivity index (χ3v) is 4.49. The summed E-state index contributed by atoms with van der Waals surface area (Å²) in [6, 6.07) is 2.61. The largest absolute Gasteiger partial charge is 0.395 e. The average molecular weight is 295 g/mol. The van der Waals surface area contributed by atoms with Crippen LogP contribution in [0.3, 0.4) is 0 Å². The van der Waals surface area contributed by atoms with E-state index in [1.54, 1.807) is 0 Å². The predicted molar refractivity (Wildman–Crippen MR) is 82.6 cm³/mol. The van der Waals surface area contributed by atoms with Crippen LogP contribution in [0.15, 0.2) is 0 Å². The zero-order valence-electron chi connectivity index (χ0n) is 13.4. The van der Waals surface area contributed by atoms with Crippen LogP contribution in [0.4, 0.5) is 0 Å². The van der Waals surface area contributed by atoms with Crippen molar-refractivity contribution >= 4 is 5.91 Å². The molecule has 0 aromatic carbocycles. The highest BCUT2D eigenvalue weighted by Gasteiger charge is 2.34. The third-order valence-electron chi connectivity index (χ3n) is 4.49. The van der Waals surface area contributed by atoms with Gasteiger partial charge in [0.1, 0.15) is 5.54 Å². The maximum atomic E-state index is 12.3. The van der Waals surface area contributed by atoms with Gasteiger partial charge in [0.05, 0.1) is 19.2 Å². The van der Waals surface area contributed by atoms with Crippen LogP contribution >= 0.6 is 0 Å². The van der Waals surface area contributed by atoms with Gasteiger partial charge in [-0.2, -0.15) is 5.26 Å². The van der Waals surface area contributed by atoms with Crippen molar-refractivity contribution in [1.82, 2.24) is 10.2 Å². The first-order valence-corrected chi connectivity index (χ1v) is 8.18. The van der Waals surface area contributed by atoms with Crippen LogP contribution in [0.25, 0.3) is 0 Å². The fourth-order valence-electron chi connectivity index (χ4n) is 3.24. The Hall–Kier alpha value is -1.12. The highest BCUT2D eigenvalue weighted by molar-refractivity contribution is 5.79. The number of nitrogens with one attached hydrogen (secondary N) is 1. The molecule has 0 bridgehead atoms. The number of aliphatic hydroxyl groups is 1. The van der Waals surface area contributed by atoms with Crippen molar-refractivity contribution < 1.29 is 9.90 Å². The molecular weight excluding hydrogens is 266 g/mol. The normalized spacial score (nSPS) is 17.7. The first-order chi connectivity index (χ1) is 10.1. The minimum absolute atomic E-state index is 0.0488. The van der Waals surface area contributed by atoms with Crippen molar-refractivity contribution in [3.63, 3.8) is 0 Å². The maximum absolute atomic E-state index is 12.3. The van der Waals surface area contributed by atoms with E-state index in [2.05, 4.69) is 25.2 Å². The Morgan fingerprint density at radius 3 is 2.43 bits per heavy atom. The number of carbonyl (C=O) groups is 1. The predicted octanol–water partition coefficient (Wildman–Crippen LogP) is 1.81. The Morgan fingerprint density at radius 2 is 1.95 bits per heavy atom. The van der Waals surface area contributed by atoms with Gasteiger partial charge in [0.2, 0.25) is 5.91 Å². The molecule has 0 spiro atoms. The summed E-state index contributed by atoms with van der Waals surface area (Å²) >= 11 is 0. The Labute approximate surface area is 128 Å². The van der Waals surface area contributed by atoms with Crippen LogP contribution in [0.1, 0.15) is 58.8 Å². The topological polar surface area (TPSA) is 76.4 Å². The molecule has 0 aromatic rings. The van der Waals surface area contributed by atoms with Crippen LogP contribution in [0, 0.1) is 11.3 Å². The second-order valence-corrected chi connectivity index (χ2v) is 5.97. The number of carbonyl (C=O) groups excluding carboxylic acids is 1. The summed E-state index contributed by atoms with van der Waals surface area (Å²) in [5.41, 5.74) is -0.672. The minimum atomic E-state index is -0.672. The smallest absolute Gasteiger partial charge is 0.235 e. The van der Waals surface area contributed by atoms with Crippen molar-refractivity contribution in [2.24, 2.45) is 0 Å². The van der Waals surface area contributed by atoms with Crippen LogP contribution in [0.5, 0.6) is 0 Å². The van der Waals surface area contributed by atoms with Gasteiger partial charge in [-0.3, -0.25) is 9.69 Å². The van der Waals surface area contributed by atoms with Gasteiger partial charge in [-0.1, -0.05) is 33.1 Å². The van der Waals surface area contributed by atoms with Gasteiger partial charge in [0.25, 0.3) is 0 Å². The minimum Gasteiger partial charge on any atom is -0.395 e. The van der Waals surface area contributed by atoms with Crippen molar-refractivity contribution in [1.29, 1.82) is 5.26 Å². The van der Waals surface area contributed by atoms with Crippen LogP contribution in [-0.2, 0) is 4.79 Å². The zero-order valence-corrected chi connectivity index (χ0v) is 13.4. The lowest BCUT2D eigenvalue weighted by Gasteiger charge is -2.34. The van der Waals surface area contributed by atoms with E-state index in [1.165, 1.54) is 0 Å². The zero-order chi connectivity index (χ0) is 15.7. The molecular formula is C16H29N3O2. The number of hydrogen-bond acceptors (Lipinski definition) is 4. The maximum Gasteiger partial charge on any atom is 0.235 e. The number of rotatable bonds is 8. The van der Waals surface area contributed by atoms with Gasteiger partial charge < -0.3 is 10.4 Å².